The molecule has 6 nitrogen and oxygen atoms in total. The van der Waals surface area contributed by atoms with Gasteiger partial charge < -0.3 is 19.5 Å². The molecule has 0 radical (unpaired) electrons. The van der Waals surface area contributed by atoms with Crippen LogP contribution >= 0.6 is 0 Å². The molecule has 0 aliphatic carbocycles. The number of carbonyl (C=O) groups excluding carboxylic acids is 2. The molecule has 0 saturated heterocycles. The highest BCUT2D eigenvalue weighted by molar-refractivity contribution is 5.99. The summed E-state index contributed by atoms with van der Waals surface area (Å²) in [6.45, 7) is 2.00. The molecule has 2 rings (SSSR count). The lowest BCUT2D eigenvalue weighted by atomic mass is 10.1. The van der Waals surface area contributed by atoms with Crippen molar-refractivity contribution in [1.82, 2.24) is 0 Å². The largest absolute Gasteiger partial charge is 0.479 e. The molecule has 1 aromatic carbocycles. The summed E-state index contributed by atoms with van der Waals surface area (Å²) in [5, 5.41) is 9.22. The first-order chi connectivity index (χ1) is 10.1. The first kappa shape index (κ1) is 15.3. The molecule has 114 valence electrons. The number of nitrogens with zero attached hydrogens (tertiary/aromatic N) is 1. The second kappa shape index (κ2) is 6.58. The molecular weight excluding hydrogens is 274 g/mol. The van der Waals surface area contributed by atoms with Crippen LogP contribution in [0.4, 0.5) is 5.69 Å². The average Bonchev–Trinajstić information content (AvgIpc) is 2.50. The highest BCUT2D eigenvalue weighted by Gasteiger charge is 2.31. The summed E-state index contributed by atoms with van der Waals surface area (Å²) in [7, 11) is 1.34. The Bertz CT molecular complexity index is 543. The molecular formula is C15H19NO5. The average molecular weight is 293 g/mol. The van der Waals surface area contributed by atoms with Crippen molar-refractivity contribution in [3.63, 3.8) is 0 Å². The summed E-state index contributed by atoms with van der Waals surface area (Å²) in [6.07, 6.45) is 0.203. The maximum atomic E-state index is 12.3. The first-order valence-corrected chi connectivity index (χ1v) is 6.85. The quantitative estimate of drug-likeness (QED) is 0.827. The number of esters is 1. The Hall–Kier alpha value is -2.08. The maximum Gasteiger partial charge on any atom is 0.305 e. The van der Waals surface area contributed by atoms with E-state index < -0.39 is 6.10 Å². The van der Waals surface area contributed by atoms with E-state index in [1.54, 1.807) is 30.0 Å². The number of methoxy groups -OCH3 is 1. The third-order valence-corrected chi connectivity index (χ3v) is 3.40. The highest BCUT2D eigenvalue weighted by Crippen LogP contribution is 2.35. The number of carbonyl (C=O) groups is 2. The Labute approximate surface area is 123 Å². The minimum atomic E-state index is -0.560. The smallest absolute Gasteiger partial charge is 0.305 e. The standard InChI is InChI=1S/C15H19NO5/c1-10-15(19)16(7-3-4-14(18)20-2)12-8-11(9-17)5-6-13(12)21-10/h5-6,8,10,17H,3-4,7,9H2,1-2H3. The number of hydrogen-bond acceptors (Lipinski definition) is 5. The summed E-state index contributed by atoms with van der Waals surface area (Å²) >= 11 is 0. The molecule has 0 aromatic heterocycles. The van der Waals surface area contributed by atoms with E-state index in [9.17, 15) is 14.7 Å². The van der Waals surface area contributed by atoms with E-state index in [-0.39, 0.29) is 24.9 Å². The molecule has 0 spiro atoms. The van der Waals surface area contributed by atoms with E-state index in [4.69, 9.17) is 4.74 Å². The third kappa shape index (κ3) is 3.33. The summed E-state index contributed by atoms with van der Waals surface area (Å²) in [4.78, 5) is 25.0. The zero-order valence-electron chi connectivity index (χ0n) is 12.2. The van der Waals surface area contributed by atoms with Gasteiger partial charge in [-0.25, -0.2) is 0 Å². The molecule has 0 bridgehead atoms. The summed E-state index contributed by atoms with van der Waals surface area (Å²) in [5.74, 6) is 0.160. The van der Waals surface area contributed by atoms with E-state index >= 15 is 0 Å². The van der Waals surface area contributed by atoms with Crippen molar-refractivity contribution >= 4 is 17.6 Å². The third-order valence-electron chi connectivity index (χ3n) is 3.40. The van der Waals surface area contributed by atoms with Crippen molar-refractivity contribution in [2.45, 2.75) is 32.5 Å². The number of amides is 1. The van der Waals surface area contributed by atoms with Crippen molar-refractivity contribution in [3.8, 4) is 5.75 Å². The molecule has 1 aliphatic rings. The van der Waals surface area contributed by atoms with Crippen LogP contribution < -0.4 is 9.64 Å². The number of ether oxygens (including phenoxy) is 2. The maximum absolute atomic E-state index is 12.3. The molecule has 1 aliphatic heterocycles. The second-order valence-corrected chi connectivity index (χ2v) is 4.89. The summed E-state index contributed by atoms with van der Waals surface area (Å²) in [6, 6.07) is 5.24. The Morgan fingerprint density at radius 3 is 2.90 bits per heavy atom. The molecule has 1 unspecified atom stereocenters. The Morgan fingerprint density at radius 1 is 1.48 bits per heavy atom. The van der Waals surface area contributed by atoms with Crippen molar-refractivity contribution < 1.29 is 24.2 Å². The minimum Gasteiger partial charge on any atom is -0.479 e. The molecule has 1 atom stereocenters. The molecule has 1 N–H and O–H groups in total. The van der Waals surface area contributed by atoms with Gasteiger partial charge in [-0.15, -0.1) is 0 Å². The number of anilines is 1. The Balaban J connectivity index is 2.18. The number of rotatable bonds is 5. The summed E-state index contributed by atoms with van der Waals surface area (Å²) < 4.78 is 10.2. The van der Waals surface area contributed by atoms with Crippen LogP contribution in [0.3, 0.4) is 0 Å². The molecule has 1 amide bonds. The van der Waals surface area contributed by atoms with Crippen molar-refractivity contribution in [2.24, 2.45) is 0 Å². The second-order valence-electron chi connectivity index (χ2n) is 4.89. The topological polar surface area (TPSA) is 76.1 Å². The number of hydrogen-bond donors (Lipinski definition) is 1. The number of aliphatic hydroxyl groups is 1. The highest BCUT2D eigenvalue weighted by atomic mass is 16.5. The fourth-order valence-corrected chi connectivity index (χ4v) is 2.27. The van der Waals surface area contributed by atoms with Crippen molar-refractivity contribution in [1.29, 1.82) is 0 Å². The molecule has 1 heterocycles. The lowest BCUT2D eigenvalue weighted by molar-refractivity contribution is -0.140. The van der Waals surface area contributed by atoms with E-state index in [2.05, 4.69) is 4.74 Å². The molecule has 1 aromatic rings. The van der Waals surface area contributed by atoms with Crippen LogP contribution in [0.2, 0.25) is 0 Å². The van der Waals surface area contributed by atoms with Gasteiger partial charge in [-0.2, -0.15) is 0 Å². The van der Waals surface area contributed by atoms with Crippen molar-refractivity contribution in [2.75, 3.05) is 18.6 Å². The lowest BCUT2D eigenvalue weighted by Gasteiger charge is -2.33. The number of aliphatic hydroxyl groups excluding tert-OH is 1. The minimum absolute atomic E-state index is 0.104. The summed E-state index contributed by atoms with van der Waals surface area (Å²) in [5.41, 5.74) is 1.34. The van der Waals surface area contributed by atoms with Crippen LogP contribution in [0.15, 0.2) is 18.2 Å². The van der Waals surface area contributed by atoms with Gasteiger partial charge in [0.05, 0.1) is 19.4 Å². The van der Waals surface area contributed by atoms with Gasteiger partial charge in [0.2, 0.25) is 0 Å². The van der Waals surface area contributed by atoms with Gasteiger partial charge in [0.1, 0.15) is 5.75 Å². The molecule has 6 heteroatoms. The predicted octanol–water partition coefficient (Wildman–Crippen LogP) is 1.25. The van der Waals surface area contributed by atoms with Crippen LogP contribution in [0, 0.1) is 0 Å². The number of fused-ring (bicyclic) bond motifs is 1. The van der Waals surface area contributed by atoms with E-state index in [1.165, 1.54) is 7.11 Å². The van der Waals surface area contributed by atoms with Gasteiger partial charge in [0, 0.05) is 13.0 Å². The first-order valence-electron chi connectivity index (χ1n) is 6.85. The monoisotopic (exact) mass is 293 g/mol. The Morgan fingerprint density at radius 2 is 2.24 bits per heavy atom. The van der Waals surface area contributed by atoms with E-state index in [1.807, 2.05) is 0 Å². The van der Waals surface area contributed by atoms with Gasteiger partial charge in [-0.3, -0.25) is 9.59 Å². The van der Waals surface area contributed by atoms with Gasteiger partial charge in [-0.05, 0) is 31.0 Å². The molecule has 0 fully saturated rings. The van der Waals surface area contributed by atoms with Crippen LogP contribution in [0.25, 0.3) is 0 Å². The van der Waals surface area contributed by atoms with Crippen LogP contribution in [-0.4, -0.2) is 36.7 Å². The predicted molar refractivity (Wildman–Crippen MR) is 76.1 cm³/mol. The fraction of sp³-hybridized carbons (Fsp3) is 0.467. The van der Waals surface area contributed by atoms with Crippen LogP contribution in [-0.2, 0) is 20.9 Å². The Kier molecular flexibility index (Phi) is 4.80. The van der Waals surface area contributed by atoms with Gasteiger partial charge in [0.25, 0.3) is 5.91 Å². The molecule has 21 heavy (non-hydrogen) atoms. The zero-order valence-corrected chi connectivity index (χ0v) is 12.2. The van der Waals surface area contributed by atoms with Crippen molar-refractivity contribution in [3.05, 3.63) is 23.8 Å². The van der Waals surface area contributed by atoms with Gasteiger partial charge in [0.15, 0.2) is 6.10 Å². The SMILES string of the molecule is COC(=O)CCCN1C(=O)C(C)Oc2ccc(CO)cc21. The zero-order chi connectivity index (χ0) is 15.4. The van der Waals surface area contributed by atoms with E-state index in [0.29, 0.717) is 30.0 Å². The fourth-order valence-electron chi connectivity index (χ4n) is 2.27. The van der Waals surface area contributed by atoms with Crippen LogP contribution in [0.1, 0.15) is 25.3 Å². The van der Waals surface area contributed by atoms with Gasteiger partial charge >= 0.3 is 5.97 Å². The van der Waals surface area contributed by atoms with E-state index in [0.717, 1.165) is 0 Å². The number of benzene rings is 1. The van der Waals surface area contributed by atoms with Gasteiger partial charge in [-0.1, -0.05) is 6.07 Å². The lowest BCUT2D eigenvalue weighted by Crippen LogP contribution is -2.45. The van der Waals surface area contributed by atoms with Crippen LogP contribution in [0.5, 0.6) is 5.75 Å². The molecule has 0 saturated carbocycles. The normalized spacial score (nSPS) is 17.2.